The van der Waals surface area contributed by atoms with Gasteiger partial charge < -0.3 is 15.0 Å². The summed E-state index contributed by atoms with van der Waals surface area (Å²) in [5, 5.41) is 3.87. The first-order chi connectivity index (χ1) is 10.0. The van der Waals surface area contributed by atoms with Gasteiger partial charge in [-0.25, -0.2) is 0 Å². The number of rotatable bonds is 6. The Hall–Kier alpha value is -0.900. The fourth-order valence-corrected chi connectivity index (χ4v) is 3.11. The van der Waals surface area contributed by atoms with Gasteiger partial charge in [-0.3, -0.25) is 0 Å². The fraction of sp³-hybridized carbons (Fsp3) is 0.667. The molecule has 1 fully saturated rings. The maximum atomic E-state index is 5.96. The molecule has 3 unspecified atom stereocenters. The van der Waals surface area contributed by atoms with Crippen LogP contribution in [0.15, 0.2) is 30.3 Å². The normalized spacial score (nSPS) is 27.8. The molecule has 1 N–H and O–H groups in total. The number of hydrogen-bond donors (Lipinski definition) is 1. The van der Waals surface area contributed by atoms with Gasteiger partial charge in [-0.05, 0) is 45.8 Å². The highest BCUT2D eigenvalue weighted by molar-refractivity contribution is 5.19. The van der Waals surface area contributed by atoms with Crippen LogP contribution in [0.2, 0.25) is 0 Å². The van der Waals surface area contributed by atoms with Gasteiger partial charge in [-0.15, -0.1) is 0 Å². The molecule has 0 aliphatic carbocycles. The van der Waals surface area contributed by atoms with Crippen LogP contribution in [0.4, 0.5) is 0 Å². The Morgan fingerprint density at radius 1 is 1.33 bits per heavy atom. The molecular weight excluding hydrogens is 260 g/mol. The summed E-state index contributed by atoms with van der Waals surface area (Å²) in [5.41, 5.74) is 1.41. The van der Waals surface area contributed by atoms with Crippen molar-refractivity contribution in [3.63, 3.8) is 0 Å². The van der Waals surface area contributed by atoms with Crippen LogP contribution in [0.5, 0.6) is 0 Å². The molecule has 1 aromatic carbocycles. The van der Waals surface area contributed by atoms with Crippen molar-refractivity contribution in [2.45, 2.75) is 50.8 Å². The number of hydrogen-bond acceptors (Lipinski definition) is 3. The van der Waals surface area contributed by atoms with Crippen molar-refractivity contribution in [2.75, 3.05) is 27.2 Å². The minimum Gasteiger partial charge on any atom is -0.375 e. The molecule has 1 heterocycles. The van der Waals surface area contributed by atoms with Gasteiger partial charge in [0.25, 0.3) is 0 Å². The molecule has 21 heavy (non-hydrogen) atoms. The molecule has 0 amide bonds. The summed E-state index contributed by atoms with van der Waals surface area (Å²) in [7, 11) is 4.27. The van der Waals surface area contributed by atoms with Gasteiger partial charge in [0.2, 0.25) is 0 Å². The zero-order chi connectivity index (χ0) is 15.3. The average Bonchev–Trinajstić information content (AvgIpc) is 2.47. The second-order valence-corrected chi connectivity index (χ2v) is 6.73. The number of benzene rings is 1. The quantitative estimate of drug-likeness (QED) is 0.870. The van der Waals surface area contributed by atoms with E-state index in [1.165, 1.54) is 5.56 Å². The molecule has 1 aliphatic heterocycles. The Morgan fingerprint density at radius 2 is 2.05 bits per heavy atom. The van der Waals surface area contributed by atoms with Crippen molar-refractivity contribution in [1.82, 2.24) is 10.2 Å². The summed E-state index contributed by atoms with van der Waals surface area (Å²) in [6.45, 7) is 6.34. The summed E-state index contributed by atoms with van der Waals surface area (Å²) in [6.07, 6.45) is 3.28. The van der Waals surface area contributed by atoms with Crippen molar-refractivity contribution in [1.29, 1.82) is 0 Å². The van der Waals surface area contributed by atoms with E-state index in [9.17, 15) is 0 Å². The van der Waals surface area contributed by atoms with Crippen LogP contribution < -0.4 is 5.32 Å². The van der Waals surface area contributed by atoms with E-state index >= 15 is 0 Å². The lowest BCUT2D eigenvalue weighted by molar-refractivity contribution is -0.0793. The lowest BCUT2D eigenvalue weighted by atomic mass is 9.89. The minimum atomic E-state index is 0.0370. The Kier molecular flexibility index (Phi) is 5.80. The van der Waals surface area contributed by atoms with Crippen LogP contribution >= 0.6 is 0 Å². The van der Waals surface area contributed by atoms with Crippen LogP contribution in [0.1, 0.15) is 44.7 Å². The van der Waals surface area contributed by atoms with Crippen LogP contribution in [-0.2, 0) is 4.74 Å². The van der Waals surface area contributed by atoms with Crippen molar-refractivity contribution < 1.29 is 4.74 Å². The number of likely N-dealkylation sites (N-methyl/N-ethyl adjacent to an activating group) is 1. The lowest BCUT2D eigenvalue weighted by Crippen LogP contribution is -2.47. The third-order valence-corrected chi connectivity index (χ3v) is 4.53. The molecule has 3 nitrogen and oxygen atoms in total. The van der Waals surface area contributed by atoms with Gasteiger partial charge >= 0.3 is 0 Å². The van der Waals surface area contributed by atoms with Crippen molar-refractivity contribution in [2.24, 2.45) is 0 Å². The number of ether oxygens (including phenoxy) is 1. The van der Waals surface area contributed by atoms with Gasteiger partial charge in [0, 0.05) is 25.2 Å². The zero-order valence-corrected chi connectivity index (χ0v) is 13.9. The molecule has 0 radical (unpaired) electrons. The Balaban J connectivity index is 2.05. The predicted molar refractivity (Wildman–Crippen MR) is 88.5 cm³/mol. The first kappa shape index (κ1) is 16.5. The van der Waals surface area contributed by atoms with E-state index in [0.29, 0.717) is 12.1 Å². The van der Waals surface area contributed by atoms with Crippen LogP contribution in [0.3, 0.4) is 0 Å². The standard InChI is InChI=1S/C18H30N2O/c1-5-18(2)13-16(11-12-21-18)19-17(14-20(3)4)15-9-7-6-8-10-15/h6-10,16-17,19H,5,11-14H2,1-4H3. The second kappa shape index (κ2) is 7.39. The molecule has 0 saturated carbocycles. The van der Waals surface area contributed by atoms with E-state index in [1.807, 2.05) is 0 Å². The van der Waals surface area contributed by atoms with Gasteiger partial charge in [-0.2, -0.15) is 0 Å². The molecule has 1 aromatic rings. The topological polar surface area (TPSA) is 24.5 Å². The summed E-state index contributed by atoms with van der Waals surface area (Å²) in [6, 6.07) is 11.7. The molecule has 2 rings (SSSR count). The summed E-state index contributed by atoms with van der Waals surface area (Å²) >= 11 is 0. The zero-order valence-electron chi connectivity index (χ0n) is 13.9. The molecule has 0 spiro atoms. The van der Waals surface area contributed by atoms with E-state index < -0.39 is 0 Å². The maximum Gasteiger partial charge on any atom is 0.0666 e. The van der Waals surface area contributed by atoms with E-state index in [2.05, 4.69) is 68.5 Å². The minimum absolute atomic E-state index is 0.0370. The Morgan fingerprint density at radius 3 is 2.67 bits per heavy atom. The highest BCUT2D eigenvalue weighted by Crippen LogP contribution is 2.29. The third kappa shape index (κ3) is 4.80. The van der Waals surface area contributed by atoms with Gasteiger partial charge in [0.1, 0.15) is 0 Å². The van der Waals surface area contributed by atoms with E-state index in [4.69, 9.17) is 4.74 Å². The Labute approximate surface area is 129 Å². The molecule has 1 saturated heterocycles. The first-order valence-electron chi connectivity index (χ1n) is 8.12. The highest BCUT2D eigenvalue weighted by atomic mass is 16.5. The van der Waals surface area contributed by atoms with E-state index in [0.717, 1.165) is 32.4 Å². The monoisotopic (exact) mass is 290 g/mol. The largest absolute Gasteiger partial charge is 0.375 e. The van der Waals surface area contributed by atoms with E-state index in [1.54, 1.807) is 0 Å². The molecule has 0 aromatic heterocycles. The van der Waals surface area contributed by atoms with Gasteiger partial charge in [0.05, 0.1) is 5.60 Å². The molecular formula is C18H30N2O. The number of nitrogens with one attached hydrogen (secondary N) is 1. The van der Waals surface area contributed by atoms with Crippen LogP contribution in [0.25, 0.3) is 0 Å². The third-order valence-electron chi connectivity index (χ3n) is 4.53. The number of nitrogens with zero attached hydrogens (tertiary/aromatic N) is 1. The first-order valence-corrected chi connectivity index (χ1v) is 8.12. The second-order valence-electron chi connectivity index (χ2n) is 6.73. The Bertz CT molecular complexity index is 420. The lowest BCUT2D eigenvalue weighted by Gasteiger charge is -2.40. The van der Waals surface area contributed by atoms with Crippen LogP contribution in [-0.4, -0.2) is 43.8 Å². The molecule has 3 heteroatoms. The van der Waals surface area contributed by atoms with E-state index in [-0.39, 0.29) is 5.60 Å². The highest BCUT2D eigenvalue weighted by Gasteiger charge is 2.32. The van der Waals surface area contributed by atoms with Gasteiger partial charge in [0.15, 0.2) is 0 Å². The SMILES string of the molecule is CCC1(C)CC(NC(CN(C)C)c2ccccc2)CCO1. The maximum absolute atomic E-state index is 5.96. The fourth-order valence-electron chi connectivity index (χ4n) is 3.11. The molecule has 118 valence electrons. The van der Waals surface area contributed by atoms with Crippen molar-refractivity contribution in [3.05, 3.63) is 35.9 Å². The summed E-state index contributed by atoms with van der Waals surface area (Å²) < 4.78 is 5.96. The molecule has 0 bridgehead atoms. The van der Waals surface area contributed by atoms with Crippen molar-refractivity contribution >= 4 is 0 Å². The molecule has 1 aliphatic rings. The summed E-state index contributed by atoms with van der Waals surface area (Å²) in [5.74, 6) is 0. The summed E-state index contributed by atoms with van der Waals surface area (Å²) in [4.78, 5) is 2.25. The predicted octanol–water partition coefficient (Wildman–Crippen LogP) is 3.23. The molecule has 3 atom stereocenters. The van der Waals surface area contributed by atoms with Gasteiger partial charge in [-0.1, -0.05) is 37.3 Å². The van der Waals surface area contributed by atoms with Crippen LogP contribution in [0, 0.1) is 0 Å². The van der Waals surface area contributed by atoms with Crippen molar-refractivity contribution in [3.8, 4) is 0 Å². The average molecular weight is 290 g/mol. The smallest absolute Gasteiger partial charge is 0.0666 e.